The van der Waals surface area contributed by atoms with E-state index in [4.69, 9.17) is 5.11 Å². The minimum absolute atomic E-state index is 0.312. The molecule has 0 heterocycles. The molecule has 0 radical (unpaired) electrons. The summed E-state index contributed by atoms with van der Waals surface area (Å²) in [5, 5.41) is 8.17. The minimum atomic E-state index is -1.36. The minimum Gasteiger partial charge on any atom is -0.481 e. The topological polar surface area (TPSA) is 37.3 Å². The van der Waals surface area contributed by atoms with Gasteiger partial charge in [-0.2, -0.15) is 0 Å². The van der Waals surface area contributed by atoms with Crippen molar-refractivity contribution >= 4 is 5.97 Å². The maximum atomic E-state index is 12.8. The van der Waals surface area contributed by atoms with Crippen LogP contribution in [-0.4, -0.2) is 16.7 Å². The number of carboxylic acid groups (broad SMARTS) is 1. The first-order chi connectivity index (χ1) is 4.12. The van der Waals surface area contributed by atoms with Crippen molar-refractivity contribution in [2.75, 3.05) is 0 Å². The molecule has 1 fully saturated rings. The molecule has 0 atom stereocenters. The summed E-state index contributed by atoms with van der Waals surface area (Å²) < 4.78 is 12.8. The zero-order valence-corrected chi connectivity index (χ0v) is 5.06. The zero-order chi connectivity index (χ0) is 6.91. The molecular formula is C6H9FO2. The highest BCUT2D eigenvalue weighted by atomic mass is 19.1. The van der Waals surface area contributed by atoms with Crippen molar-refractivity contribution in [3.05, 3.63) is 0 Å². The van der Waals surface area contributed by atoms with Gasteiger partial charge in [-0.1, -0.05) is 0 Å². The molecule has 2 nitrogen and oxygen atoms in total. The third-order valence-electron chi connectivity index (χ3n) is 1.72. The third-order valence-corrected chi connectivity index (χ3v) is 1.72. The van der Waals surface area contributed by atoms with Crippen molar-refractivity contribution in [2.24, 2.45) is 0 Å². The van der Waals surface area contributed by atoms with E-state index in [2.05, 4.69) is 0 Å². The summed E-state index contributed by atoms with van der Waals surface area (Å²) in [7, 11) is 0. The lowest BCUT2D eigenvalue weighted by molar-refractivity contribution is -0.142. The molecule has 0 spiro atoms. The fraction of sp³-hybridized carbons (Fsp3) is 0.833. The molecule has 0 amide bonds. The molecule has 9 heavy (non-hydrogen) atoms. The number of hydrogen-bond donors (Lipinski definition) is 1. The highest BCUT2D eigenvalue weighted by Gasteiger charge is 2.38. The second kappa shape index (κ2) is 1.97. The number of aliphatic carboxylic acids is 1. The van der Waals surface area contributed by atoms with Crippen molar-refractivity contribution < 1.29 is 14.3 Å². The molecule has 0 aliphatic heterocycles. The van der Waals surface area contributed by atoms with Gasteiger partial charge in [-0.05, 0) is 19.3 Å². The lowest BCUT2D eigenvalue weighted by atomic mass is 9.80. The second-order valence-corrected chi connectivity index (χ2v) is 2.57. The van der Waals surface area contributed by atoms with Gasteiger partial charge < -0.3 is 5.11 Å². The summed E-state index contributed by atoms with van der Waals surface area (Å²) in [6.45, 7) is 0. The van der Waals surface area contributed by atoms with Crippen LogP contribution in [0.15, 0.2) is 0 Å². The van der Waals surface area contributed by atoms with Gasteiger partial charge in [0.1, 0.15) is 5.67 Å². The van der Waals surface area contributed by atoms with E-state index in [1.807, 2.05) is 0 Å². The summed E-state index contributed by atoms with van der Waals surface area (Å²) in [6, 6.07) is 0. The monoisotopic (exact) mass is 132 g/mol. The standard InChI is InChI=1S/C6H9FO2/c7-6(2-1-3-6)4-5(8)9/h1-4H2,(H,8,9). The van der Waals surface area contributed by atoms with Crippen molar-refractivity contribution in [1.29, 1.82) is 0 Å². The van der Waals surface area contributed by atoms with Gasteiger partial charge in [0.05, 0.1) is 6.42 Å². The van der Waals surface area contributed by atoms with Crippen molar-refractivity contribution in [3.8, 4) is 0 Å². The van der Waals surface area contributed by atoms with Crippen LogP contribution in [0.5, 0.6) is 0 Å². The number of carbonyl (C=O) groups is 1. The lowest BCUT2D eigenvalue weighted by Crippen LogP contribution is -2.34. The van der Waals surface area contributed by atoms with Crippen LogP contribution in [0.3, 0.4) is 0 Å². The molecule has 0 aromatic heterocycles. The van der Waals surface area contributed by atoms with Crippen LogP contribution in [-0.2, 0) is 4.79 Å². The molecule has 0 unspecified atom stereocenters. The van der Waals surface area contributed by atoms with E-state index in [9.17, 15) is 9.18 Å². The average Bonchev–Trinajstić information content (AvgIpc) is 1.60. The van der Waals surface area contributed by atoms with Gasteiger partial charge in [-0.3, -0.25) is 4.79 Å². The number of carboxylic acids is 1. The molecule has 1 aliphatic rings. The average molecular weight is 132 g/mol. The van der Waals surface area contributed by atoms with E-state index in [0.29, 0.717) is 12.8 Å². The number of alkyl halides is 1. The van der Waals surface area contributed by atoms with Gasteiger partial charge >= 0.3 is 5.97 Å². The molecule has 52 valence electrons. The van der Waals surface area contributed by atoms with Gasteiger partial charge in [0.15, 0.2) is 0 Å². The van der Waals surface area contributed by atoms with E-state index in [1.54, 1.807) is 0 Å². The molecule has 0 bridgehead atoms. The summed E-state index contributed by atoms with van der Waals surface area (Å²) in [6.07, 6.45) is 1.38. The summed E-state index contributed by atoms with van der Waals surface area (Å²) >= 11 is 0. The van der Waals surface area contributed by atoms with Gasteiger partial charge in [0, 0.05) is 0 Å². The number of hydrogen-bond acceptors (Lipinski definition) is 1. The van der Waals surface area contributed by atoms with Crippen LogP contribution < -0.4 is 0 Å². The predicted molar refractivity (Wildman–Crippen MR) is 29.9 cm³/mol. The first kappa shape index (κ1) is 6.52. The Balaban J connectivity index is 2.33. The van der Waals surface area contributed by atoms with Gasteiger partial charge in [-0.25, -0.2) is 4.39 Å². The van der Waals surface area contributed by atoms with Crippen LogP contribution >= 0.6 is 0 Å². The Kier molecular flexibility index (Phi) is 1.43. The highest BCUT2D eigenvalue weighted by molar-refractivity contribution is 5.68. The fourth-order valence-electron chi connectivity index (χ4n) is 1.01. The second-order valence-electron chi connectivity index (χ2n) is 2.57. The van der Waals surface area contributed by atoms with E-state index in [0.717, 1.165) is 6.42 Å². The Hall–Kier alpha value is -0.600. The van der Waals surface area contributed by atoms with Crippen molar-refractivity contribution in [1.82, 2.24) is 0 Å². The summed E-state index contributed by atoms with van der Waals surface area (Å²) in [5.41, 5.74) is -1.36. The van der Waals surface area contributed by atoms with Crippen LogP contribution in [0.2, 0.25) is 0 Å². The smallest absolute Gasteiger partial charge is 0.306 e. The molecular weight excluding hydrogens is 123 g/mol. The van der Waals surface area contributed by atoms with E-state index < -0.39 is 11.6 Å². The molecule has 0 saturated heterocycles. The maximum Gasteiger partial charge on any atom is 0.306 e. The van der Waals surface area contributed by atoms with Gasteiger partial charge in [0.25, 0.3) is 0 Å². The molecule has 0 aromatic rings. The molecule has 1 rings (SSSR count). The largest absolute Gasteiger partial charge is 0.481 e. The molecule has 1 aliphatic carbocycles. The van der Waals surface area contributed by atoms with E-state index in [1.165, 1.54) is 0 Å². The van der Waals surface area contributed by atoms with Crippen LogP contribution in [0.1, 0.15) is 25.7 Å². The zero-order valence-electron chi connectivity index (χ0n) is 5.06. The maximum absolute atomic E-state index is 12.8. The molecule has 1 saturated carbocycles. The Bertz CT molecular complexity index is 129. The lowest BCUT2D eigenvalue weighted by Gasteiger charge is -2.31. The Morgan fingerprint density at radius 2 is 2.22 bits per heavy atom. The number of rotatable bonds is 2. The molecule has 3 heteroatoms. The third kappa shape index (κ3) is 1.40. The summed E-state index contributed by atoms with van der Waals surface area (Å²) in [5.74, 6) is -1.03. The van der Waals surface area contributed by atoms with Crippen LogP contribution in [0, 0.1) is 0 Å². The van der Waals surface area contributed by atoms with Crippen LogP contribution in [0.25, 0.3) is 0 Å². The van der Waals surface area contributed by atoms with E-state index in [-0.39, 0.29) is 6.42 Å². The molecule has 1 N–H and O–H groups in total. The predicted octanol–water partition coefficient (Wildman–Crippen LogP) is 1.35. The SMILES string of the molecule is O=C(O)CC1(F)CCC1. The Morgan fingerprint density at radius 1 is 1.67 bits per heavy atom. The van der Waals surface area contributed by atoms with E-state index >= 15 is 0 Å². The van der Waals surface area contributed by atoms with Gasteiger partial charge in [-0.15, -0.1) is 0 Å². The highest BCUT2D eigenvalue weighted by Crippen LogP contribution is 2.38. The summed E-state index contributed by atoms with van der Waals surface area (Å²) in [4.78, 5) is 9.97. The quantitative estimate of drug-likeness (QED) is 0.615. The van der Waals surface area contributed by atoms with Crippen LogP contribution in [0.4, 0.5) is 4.39 Å². The molecule has 0 aromatic carbocycles. The fourth-order valence-corrected chi connectivity index (χ4v) is 1.01. The van der Waals surface area contributed by atoms with Gasteiger partial charge in [0.2, 0.25) is 0 Å². The first-order valence-electron chi connectivity index (χ1n) is 3.03. The Morgan fingerprint density at radius 3 is 2.33 bits per heavy atom. The first-order valence-corrected chi connectivity index (χ1v) is 3.03. The Labute approximate surface area is 52.7 Å². The number of halogens is 1. The van der Waals surface area contributed by atoms with Crippen molar-refractivity contribution in [3.63, 3.8) is 0 Å². The van der Waals surface area contributed by atoms with Crippen molar-refractivity contribution in [2.45, 2.75) is 31.4 Å². The normalized spacial score (nSPS) is 22.8.